The van der Waals surface area contributed by atoms with E-state index in [4.69, 9.17) is 15.3 Å². The van der Waals surface area contributed by atoms with E-state index in [9.17, 15) is 24.3 Å². The highest BCUT2D eigenvalue weighted by atomic mass is 16.4. The van der Waals surface area contributed by atoms with E-state index in [0.717, 1.165) is 0 Å². The van der Waals surface area contributed by atoms with Crippen LogP contribution >= 0.6 is 0 Å². The molecule has 0 bridgehead atoms. The zero-order valence-electron chi connectivity index (χ0n) is 8.04. The maximum Gasteiger partial charge on any atom is 0.344 e. The largest absolute Gasteiger partial charge is 0.481 e. The molecule has 0 aromatic carbocycles. The lowest BCUT2D eigenvalue weighted by Gasteiger charge is -2.19. The van der Waals surface area contributed by atoms with Crippen LogP contribution in [-0.2, 0) is 19.2 Å². The molecule has 0 saturated carbocycles. The molecule has 0 rings (SSSR count). The number of hydrogen-bond acceptors (Lipinski definition) is 5. The number of rotatable bonds is 7. The SMILES string of the molecule is O=C(O)CCC(=O)C(O)(CC(=O)O)C(=O)O. The molecule has 0 fully saturated rings. The fourth-order valence-electron chi connectivity index (χ4n) is 0.940. The minimum Gasteiger partial charge on any atom is -0.481 e. The normalized spacial score (nSPS) is 13.8. The van der Waals surface area contributed by atoms with Gasteiger partial charge in [0.15, 0.2) is 5.78 Å². The summed E-state index contributed by atoms with van der Waals surface area (Å²) in [5.74, 6) is -6.37. The molecule has 0 aromatic heterocycles. The Hall–Kier alpha value is -1.96. The van der Waals surface area contributed by atoms with Crippen molar-refractivity contribution in [3.63, 3.8) is 0 Å². The lowest BCUT2D eigenvalue weighted by atomic mass is 9.91. The molecule has 8 heteroatoms. The van der Waals surface area contributed by atoms with Gasteiger partial charge < -0.3 is 20.4 Å². The molecule has 0 heterocycles. The first-order chi connectivity index (χ1) is 7.20. The van der Waals surface area contributed by atoms with Crippen LogP contribution in [-0.4, -0.2) is 49.7 Å². The summed E-state index contributed by atoms with van der Waals surface area (Å²) in [6.07, 6.45) is -2.72. The minimum atomic E-state index is -3.07. The maximum atomic E-state index is 11.2. The van der Waals surface area contributed by atoms with Crippen molar-refractivity contribution in [3.8, 4) is 0 Å². The number of hydrogen-bond donors (Lipinski definition) is 4. The average molecular weight is 234 g/mol. The lowest BCUT2D eigenvalue weighted by molar-refractivity contribution is -0.171. The van der Waals surface area contributed by atoms with E-state index < -0.39 is 48.6 Å². The summed E-state index contributed by atoms with van der Waals surface area (Å²) < 4.78 is 0. The van der Waals surface area contributed by atoms with Crippen LogP contribution in [0.3, 0.4) is 0 Å². The van der Waals surface area contributed by atoms with Crippen LogP contribution in [0.15, 0.2) is 0 Å². The van der Waals surface area contributed by atoms with E-state index >= 15 is 0 Å². The van der Waals surface area contributed by atoms with Crippen LogP contribution in [0.2, 0.25) is 0 Å². The summed E-state index contributed by atoms with van der Waals surface area (Å²) in [7, 11) is 0. The first-order valence-corrected chi connectivity index (χ1v) is 4.13. The highest BCUT2D eigenvalue weighted by molar-refractivity contribution is 6.09. The van der Waals surface area contributed by atoms with Gasteiger partial charge >= 0.3 is 17.9 Å². The van der Waals surface area contributed by atoms with Gasteiger partial charge in [-0.05, 0) is 0 Å². The standard InChI is InChI=1S/C8H10O8/c9-4(1-2-5(10)11)8(16,7(14)15)3-6(12)13/h16H,1-3H2,(H,10,11)(H,12,13)(H,14,15). The molecule has 16 heavy (non-hydrogen) atoms. The van der Waals surface area contributed by atoms with Crippen LogP contribution in [0.5, 0.6) is 0 Å². The van der Waals surface area contributed by atoms with Gasteiger partial charge in [-0.15, -0.1) is 0 Å². The number of ketones is 1. The van der Waals surface area contributed by atoms with Crippen molar-refractivity contribution in [3.05, 3.63) is 0 Å². The molecule has 0 radical (unpaired) electrons. The summed E-state index contributed by atoms with van der Waals surface area (Å²) in [5.41, 5.74) is -3.07. The molecule has 1 unspecified atom stereocenters. The summed E-state index contributed by atoms with van der Waals surface area (Å²) >= 11 is 0. The number of carbonyl (C=O) groups excluding carboxylic acids is 1. The molecule has 4 N–H and O–H groups in total. The van der Waals surface area contributed by atoms with Crippen LogP contribution in [0, 0.1) is 0 Å². The smallest absolute Gasteiger partial charge is 0.344 e. The van der Waals surface area contributed by atoms with Gasteiger partial charge in [-0.1, -0.05) is 0 Å². The lowest BCUT2D eigenvalue weighted by Crippen LogP contribution is -2.48. The van der Waals surface area contributed by atoms with Crippen molar-refractivity contribution in [2.75, 3.05) is 0 Å². The maximum absolute atomic E-state index is 11.2. The Morgan fingerprint density at radius 3 is 1.69 bits per heavy atom. The van der Waals surface area contributed by atoms with Crippen molar-refractivity contribution in [1.82, 2.24) is 0 Å². The third-order valence-electron chi connectivity index (χ3n) is 1.79. The molecule has 0 aliphatic heterocycles. The van der Waals surface area contributed by atoms with Gasteiger partial charge in [0.25, 0.3) is 0 Å². The molecule has 0 spiro atoms. The summed E-state index contributed by atoms with van der Waals surface area (Å²) in [5, 5.41) is 34.4. The minimum absolute atomic E-state index is 0.673. The van der Waals surface area contributed by atoms with Gasteiger partial charge in [-0.2, -0.15) is 0 Å². The number of carboxylic acid groups (broad SMARTS) is 3. The molecule has 90 valence electrons. The van der Waals surface area contributed by atoms with Gasteiger partial charge in [0.05, 0.1) is 12.8 Å². The van der Waals surface area contributed by atoms with Crippen molar-refractivity contribution >= 4 is 23.7 Å². The Kier molecular flexibility index (Phi) is 4.58. The molecule has 0 saturated heterocycles. The molecule has 0 aliphatic carbocycles. The second kappa shape index (κ2) is 5.21. The van der Waals surface area contributed by atoms with Crippen molar-refractivity contribution in [2.24, 2.45) is 0 Å². The zero-order valence-corrected chi connectivity index (χ0v) is 8.04. The van der Waals surface area contributed by atoms with Gasteiger partial charge in [-0.3, -0.25) is 14.4 Å². The van der Waals surface area contributed by atoms with Gasteiger partial charge in [0.1, 0.15) is 0 Å². The second-order valence-corrected chi connectivity index (χ2v) is 3.05. The molecule has 8 nitrogen and oxygen atoms in total. The quantitative estimate of drug-likeness (QED) is 0.397. The monoisotopic (exact) mass is 234 g/mol. The van der Waals surface area contributed by atoms with Crippen LogP contribution < -0.4 is 0 Å². The van der Waals surface area contributed by atoms with Crippen molar-refractivity contribution in [2.45, 2.75) is 24.9 Å². The Balaban J connectivity index is 4.77. The van der Waals surface area contributed by atoms with E-state index in [2.05, 4.69) is 0 Å². The summed E-state index contributed by atoms with van der Waals surface area (Å²) in [6, 6.07) is 0. The second-order valence-electron chi connectivity index (χ2n) is 3.05. The first-order valence-electron chi connectivity index (χ1n) is 4.13. The number of Topliss-reactive ketones (excluding diaryl/α,β-unsaturated/α-hetero) is 1. The van der Waals surface area contributed by atoms with Crippen LogP contribution in [0.1, 0.15) is 19.3 Å². The fourth-order valence-corrected chi connectivity index (χ4v) is 0.940. The molecule has 0 aromatic rings. The Morgan fingerprint density at radius 2 is 1.38 bits per heavy atom. The zero-order chi connectivity index (χ0) is 12.9. The highest BCUT2D eigenvalue weighted by Gasteiger charge is 2.45. The van der Waals surface area contributed by atoms with Gasteiger partial charge in [-0.25, -0.2) is 4.79 Å². The van der Waals surface area contributed by atoms with Gasteiger partial charge in [0.2, 0.25) is 5.60 Å². The predicted molar refractivity (Wildman–Crippen MR) is 46.7 cm³/mol. The van der Waals surface area contributed by atoms with Crippen molar-refractivity contribution < 1.29 is 39.6 Å². The Labute approximate surface area is 89.1 Å². The third-order valence-corrected chi connectivity index (χ3v) is 1.79. The number of aliphatic hydroxyl groups is 1. The van der Waals surface area contributed by atoms with E-state index in [1.807, 2.05) is 0 Å². The van der Waals surface area contributed by atoms with Crippen molar-refractivity contribution in [1.29, 1.82) is 0 Å². The van der Waals surface area contributed by atoms with Crippen LogP contribution in [0.4, 0.5) is 0 Å². The molecular formula is C8H10O8. The third kappa shape index (κ3) is 3.65. The first kappa shape index (κ1) is 14.0. The van der Waals surface area contributed by atoms with E-state index in [0.29, 0.717) is 0 Å². The highest BCUT2D eigenvalue weighted by Crippen LogP contribution is 2.15. The van der Waals surface area contributed by atoms with Gasteiger partial charge in [0, 0.05) is 6.42 Å². The predicted octanol–water partition coefficient (Wildman–Crippen LogP) is -1.29. The topological polar surface area (TPSA) is 149 Å². The summed E-state index contributed by atoms with van der Waals surface area (Å²) in [6.45, 7) is 0. The number of aliphatic carboxylic acids is 3. The molecule has 0 aliphatic rings. The van der Waals surface area contributed by atoms with E-state index in [-0.39, 0.29) is 0 Å². The fraction of sp³-hybridized carbons (Fsp3) is 0.500. The van der Waals surface area contributed by atoms with Crippen LogP contribution in [0.25, 0.3) is 0 Å². The Morgan fingerprint density at radius 1 is 0.875 bits per heavy atom. The van der Waals surface area contributed by atoms with E-state index in [1.54, 1.807) is 0 Å². The molecule has 1 atom stereocenters. The molecular weight excluding hydrogens is 224 g/mol. The number of carboxylic acids is 3. The average Bonchev–Trinajstić information content (AvgIpc) is 2.12. The molecule has 0 amide bonds. The Bertz CT molecular complexity index is 333. The summed E-state index contributed by atoms with van der Waals surface area (Å²) in [4.78, 5) is 42.1. The number of carbonyl (C=O) groups is 4. The van der Waals surface area contributed by atoms with E-state index in [1.165, 1.54) is 0 Å².